The number of aromatic hydroxyl groups is 1. The first kappa shape index (κ1) is 21.4. The normalized spacial score (nSPS) is 10.0. The summed E-state index contributed by atoms with van der Waals surface area (Å²) in [5.74, 6) is -3.29. The summed E-state index contributed by atoms with van der Waals surface area (Å²) in [5, 5.41) is 12.2. The predicted octanol–water partition coefficient (Wildman–Crippen LogP) is 2.07. The highest BCUT2D eigenvalue weighted by Gasteiger charge is 2.17. The van der Waals surface area contributed by atoms with E-state index in [4.69, 9.17) is 4.74 Å². The van der Waals surface area contributed by atoms with E-state index in [1.165, 1.54) is 44.6 Å². The Bertz CT molecular complexity index is 933. The number of ether oxygens (including phenoxy) is 3. The number of methoxy groups -OCH3 is 2. The molecule has 0 aromatic heterocycles. The molecule has 29 heavy (non-hydrogen) atoms. The number of anilines is 1. The van der Waals surface area contributed by atoms with Crippen LogP contribution < -0.4 is 5.32 Å². The van der Waals surface area contributed by atoms with E-state index >= 15 is 0 Å². The molecule has 0 radical (unpaired) electrons. The standard InChI is InChI=1S/C20H19NO8/c1-11-4-5-15(16(22)6-11)20(26)29-10-17(23)21-14-8-12(18(24)27-2)7-13(9-14)19(25)28-3/h4-9,22H,10H2,1-3H3,(H,21,23). The average molecular weight is 401 g/mol. The molecular weight excluding hydrogens is 382 g/mol. The number of aryl methyl sites for hydroxylation is 1. The van der Waals surface area contributed by atoms with Gasteiger partial charge < -0.3 is 24.6 Å². The lowest BCUT2D eigenvalue weighted by Gasteiger charge is -2.10. The minimum atomic E-state index is -0.879. The number of hydrogen-bond acceptors (Lipinski definition) is 8. The van der Waals surface area contributed by atoms with E-state index in [1.807, 2.05) is 0 Å². The van der Waals surface area contributed by atoms with Gasteiger partial charge in [-0.3, -0.25) is 4.79 Å². The fourth-order valence-electron chi connectivity index (χ4n) is 2.39. The zero-order valence-electron chi connectivity index (χ0n) is 16.0. The summed E-state index contributed by atoms with van der Waals surface area (Å²) in [5.41, 5.74) is 0.819. The van der Waals surface area contributed by atoms with Crippen LogP contribution in [0.5, 0.6) is 5.75 Å². The van der Waals surface area contributed by atoms with Gasteiger partial charge in [0.2, 0.25) is 0 Å². The molecule has 0 unspecified atom stereocenters. The van der Waals surface area contributed by atoms with E-state index in [-0.39, 0.29) is 28.1 Å². The molecule has 0 spiro atoms. The first-order valence-corrected chi connectivity index (χ1v) is 8.33. The lowest BCUT2D eigenvalue weighted by Crippen LogP contribution is -2.21. The van der Waals surface area contributed by atoms with Gasteiger partial charge in [-0.1, -0.05) is 6.07 Å². The molecule has 0 aliphatic rings. The molecule has 1 amide bonds. The zero-order valence-corrected chi connectivity index (χ0v) is 16.0. The Morgan fingerprint density at radius 2 is 1.48 bits per heavy atom. The minimum Gasteiger partial charge on any atom is -0.507 e. The van der Waals surface area contributed by atoms with Crippen molar-refractivity contribution in [2.45, 2.75) is 6.92 Å². The number of phenolic OH excluding ortho intramolecular Hbond substituents is 1. The number of amides is 1. The maximum absolute atomic E-state index is 12.1. The van der Waals surface area contributed by atoms with E-state index in [0.29, 0.717) is 0 Å². The van der Waals surface area contributed by atoms with Crippen molar-refractivity contribution in [3.05, 3.63) is 58.7 Å². The monoisotopic (exact) mass is 401 g/mol. The number of hydrogen-bond donors (Lipinski definition) is 2. The van der Waals surface area contributed by atoms with Crippen LogP contribution >= 0.6 is 0 Å². The van der Waals surface area contributed by atoms with Crippen LogP contribution in [0.3, 0.4) is 0 Å². The highest BCUT2D eigenvalue weighted by molar-refractivity contribution is 6.00. The quantitative estimate of drug-likeness (QED) is 0.556. The Balaban J connectivity index is 2.10. The summed E-state index contributed by atoms with van der Waals surface area (Å²) in [6, 6.07) is 8.24. The van der Waals surface area contributed by atoms with E-state index < -0.39 is 30.4 Å². The number of carbonyl (C=O) groups is 4. The Hall–Kier alpha value is -3.88. The summed E-state index contributed by atoms with van der Waals surface area (Å²) >= 11 is 0. The van der Waals surface area contributed by atoms with Gasteiger partial charge in [0, 0.05) is 5.69 Å². The molecule has 2 aromatic rings. The Morgan fingerprint density at radius 3 is 2.00 bits per heavy atom. The molecule has 0 aliphatic carbocycles. The van der Waals surface area contributed by atoms with E-state index in [9.17, 15) is 24.3 Å². The first-order chi connectivity index (χ1) is 13.7. The third-order valence-electron chi connectivity index (χ3n) is 3.77. The van der Waals surface area contributed by atoms with Gasteiger partial charge in [0.05, 0.1) is 25.3 Å². The number of rotatable bonds is 6. The molecule has 2 rings (SSSR count). The van der Waals surface area contributed by atoms with Crippen LogP contribution in [0.4, 0.5) is 5.69 Å². The van der Waals surface area contributed by atoms with Crippen molar-refractivity contribution >= 4 is 29.5 Å². The molecule has 0 bridgehead atoms. The molecule has 2 N–H and O–H groups in total. The lowest BCUT2D eigenvalue weighted by atomic mass is 10.1. The van der Waals surface area contributed by atoms with Crippen molar-refractivity contribution in [1.82, 2.24) is 0 Å². The molecule has 0 atom stereocenters. The van der Waals surface area contributed by atoms with Gasteiger partial charge in [0.25, 0.3) is 5.91 Å². The van der Waals surface area contributed by atoms with Crippen LogP contribution in [0.2, 0.25) is 0 Å². The molecule has 152 valence electrons. The summed E-state index contributed by atoms with van der Waals surface area (Å²) in [6.45, 7) is 1.09. The van der Waals surface area contributed by atoms with Crippen molar-refractivity contribution < 1.29 is 38.5 Å². The zero-order chi connectivity index (χ0) is 21.6. The third kappa shape index (κ3) is 5.55. The molecule has 0 heterocycles. The van der Waals surface area contributed by atoms with Gasteiger partial charge in [0.1, 0.15) is 11.3 Å². The van der Waals surface area contributed by atoms with Gasteiger partial charge in [-0.05, 0) is 42.8 Å². The van der Waals surface area contributed by atoms with Crippen molar-refractivity contribution in [3.63, 3.8) is 0 Å². The van der Waals surface area contributed by atoms with Crippen LogP contribution in [0.15, 0.2) is 36.4 Å². The van der Waals surface area contributed by atoms with Crippen LogP contribution in [0, 0.1) is 6.92 Å². The fraction of sp³-hybridized carbons (Fsp3) is 0.200. The summed E-state index contributed by atoms with van der Waals surface area (Å²) in [6.07, 6.45) is 0. The largest absolute Gasteiger partial charge is 0.507 e. The molecule has 0 saturated heterocycles. The molecular formula is C20H19NO8. The predicted molar refractivity (Wildman–Crippen MR) is 101 cm³/mol. The Morgan fingerprint density at radius 1 is 0.897 bits per heavy atom. The van der Waals surface area contributed by atoms with Gasteiger partial charge in [0.15, 0.2) is 6.61 Å². The first-order valence-electron chi connectivity index (χ1n) is 8.33. The summed E-state index contributed by atoms with van der Waals surface area (Å²) in [7, 11) is 2.34. The minimum absolute atomic E-state index is 0.0206. The molecule has 2 aromatic carbocycles. The lowest BCUT2D eigenvalue weighted by molar-refractivity contribution is -0.119. The summed E-state index contributed by atoms with van der Waals surface area (Å²) < 4.78 is 14.1. The number of phenols is 1. The molecule has 9 nitrogen and oxygen atoms in total. The van der Waals surface area contributed by atoms with Gasteiger partial charge in [-0.2, -0.15) is 0 Å². The second kappa shape index (κ2) is 9.36. The van der Waals surface area contributed by atoms with Gasteiger partial charge >= 0.3 is 17.9 Å². The molecule has 9 heteroatoms. The van der Waals surface area contributed by atoms with Crippen LogP contribution in [0.1, 0.15) is 36.6 Å². The van der Waals surface area contributed by atoms with E-state index in [2.05, 4.69) is 14.8 Å². The number of carbonyl (C=O) groups excluding carboxylic acids is 4. The third-order valence-corrected chi connectivity index (χ3v) is 3.77. The maximum Gasteiger partial charge on any atom is 0.342 e. The van der Waals surface area contributed by atoms with Crippen LogP contribution in [-0.4, -0.2) is 49.7 Å². The van der Waals surface area contributed by atoms with Crippen LogP contribution in [0.25, 0.3) is 0 Å². The SMILES string of the molecule is COC(=O)c1cc(NC(=O)COC(=O)c2ccc(C)cc2O)cc(C(=O)OC)c1. The maximum atomic E-state index is 12.1. The number of benzene rings is 2. The number of esters is 3. The highest BCUT2D eigenvalue weighted by Crippen LogP contribution is 2.20. The molecule has 0 saturated carbocycles. The van der Waals surface area contributed by atoms with Crippen LogP contribution in [-0.2, 0) is 19.0 Å². The van der Waals surface area contributed by atoms with Crippen molar-refractivity contribution in [2.75, 3.05) is 26.1 Å². The van der Waals surface area contributed by atoms with Crippen molar-refractivity contribution in [3.8, 4) is 5.75 Å². The summed E-state index contributed by atoms with van der Waals surface area (Å²) in [4.78, 5) is 47.6. The van der Waals surface area contributed by atoms with E-state index in [0.717, 1.165) is 5.56 Å². The molecule has 0 fully saturated rings. The second-order valence-electron chi connectivity index (χ2n) is 5.93. The van der Waals surface area contributed by atoms with Crippen molar-refractivity contribution in [2.24, 2.45) is 0 Å². The van der Waals surface area contributed by atoms with Gasteiger partial charge in [-0.15, -0.1) is 0 Å². The molecule has 0 aliphatic heterocycles. The highest BCUT2D eigenvalue weighted by atomic mass is 16.5. The Kier molecular flexibility index (Phi) is 6.91. The van der Waals surface area contributed by atoms with Crippen molar-refractivity contribution in [1.29, 1.82) is 0 Å². The van der Waals surface area contributed by atoms with Gasteiger partial charge in [-0.25, -0.2) is 14.4 Å². The second-order valence-corrected chi connectivity index (χ2v) is 5.93. The fourth-order valence-corrected chi connectivity index (χ4v) is 2.39. The number of nitrogens with one attached hydrogen (secondary N) is 1. The topological polar surface area (TPSA) is 128 Å². The smallest absolute Gasteiger partial charge is 0.342 e. The van der Waals surface area contributed by atoms with E-state index in [1.54, 1.807) is 13.0 Å². The average Bonchev–Trinajstić information content (AvgIpc) is 2.70. The Labute approximate surface area is 166 Å².